The summed E-state index contributed by atoms with van der Waals surface area (Å²) in [4.78, 5) is 1.32. The first-order valence-corrected chi connectivity index (χ1v) is 6.47. The van der Waals surface area contributed by atoms with E-state index in [4.69, 9.17) is 4.74 Å². The van der Waals surface area contributed by atoms with Crippen LogP contribution in [0.1, 0.15) is 24.8 Å². The molecule has 0 saturated heterocycles. The Morgan fingerprint density at radius 2 is 2.25 bits per heavy atom. The average molecular weight is 243 g/mol. The fraction of sp³-hybridized carbons (Fsp3) is 0.667. The van der Waals surface area contributed by atoms with Crippen molar-refractivity contribution in [1.82, 2.24) is 5.32 Å². The van der Waals surface area contributed by atoms with Crippen LogP contribution in [0, 0.1) is 5.92 Å². The van der Waals surface area contributed by atoms with Gasteiger partial charge in [0.1, 0.15) is 0 Å². The molecule has 2 atom stereocenters. The van der Waals surface area contributed by atoms with Crippen LogP contribution in [0.2, 0.25) is 0 Å². The smallest absolute Gasteiger partial charge is 0.0897 e. The summed E-state index contributed by atoms with van der Waals surface area (Å²) in [5, 5.41) is 15.1. The first kappa shape index (κ1) is 13.6. The number of hydrogen-bond acceptors (Lipinski definition) is 4. The molecule has 1 aromatic heterocycles. The minimum atomic E-state index is -0.439. The second-order valence-corrected chi connectivity index (χ2v) is 5.23. The Bertz CT molecular complexity index is 275. The molecule has 0 bridgehead atoms. The van der Waals surface area contributed by atoms with Crippen LogP contribution < -0.4 is 5.32 Å². The van der Waals surface area contributed by atoms with Crippen molar-refractivity contribution in [1.29, 1.82) is 0 Å². The standard InChI is InChI=1S/C12H21NO2S/c1-9(2)12(11-5-4-6-16-11)13-7-10(14)8-15-3/h4-6,9-10,12-14H,7-8H2,1-3H3. The van der Waals surface area contributed by atoms with E-state index in [1.165, 1.54) is 4.88 Å². The Kier molecular flexibility index (Phi) is 5.98. The van der Waals surface area contributed by atoms with Crippen LogP contribution in [0.25, 0.3) is 0 Å². The Morgan fingerprint density at radius 3 is 2.75 bits per heavy atom. The Labute approximate surface area is 101 Å². The molecule has 0 radical (unpaired) electrons. The quantitative estimate of drug-likeness (QED) is 0.770. The summed E-state index contributed by atoms with van der Waals surface area (Å²) in [6, 6.07) is 4.50. The normalized spacial score (nSPS) is 15.3. The van der Waals surface area contributed by atoms with E-state index in [2.05, 4.69) is 36.7 Å². The number of hydrogen-bond donors (Lipinski definition) is 2. The zero-order valence-corrected chi connectivity index (χ0v) is 11.0. The van der Waals surface area contributed by atoms with Crippen LogP contribution >= 0.6 is 11.3 Å². The fourth-order valence-electron chi connectivity index (χ4n) is 1.65. The molecule has 0 saturated carbocycles. The van der Waals surface area contributed by atoms with E-state index in [0.717, 1.165) is 0 Å². The summed E-state index contributed by atoms with van der Waals surface area (Å²) >= 11 is 1.75. The monoisotopic (exact) mass is 243 g/mol. The number of aliphatic hydroxyl groups excluding tert-OH is 1. The van der Waals surface area contributed by atoms with Crippen LogP contribution in [0.5, 0.6) is 0 Å². The largest absolute Gasteiger partial charge is 0.389 e. The van der Waals surface area contributed by atoms with E-state index >= 15 is 0 Å². The molecule has 0 spiro atoms. The third kappa shape index (κ3) is 4.22. The van der Waals surface area contributed by atoms with Gasteiger partial charge < -0.3 is 15.2 Å². The third-order valence-electron chi connectivity index (χ3n) is 2.45. The lowest BCUT2D eigenvalue weighted by molar-refractivity contribution is 0.0616. The maximum absolute atomic E-state index is 9.59. The van der Waals surface area contributed by atoms with Crippen molar-refractivity contribution >= 4 is 11.3 Å². The molecule has 2 unspecified atom stereocenters. The molecule has 3 nitrogen and oxygen atoms in total. The predicted octanol–water partition coefficient (Wildman–Crippen LogP) is 2.04. The molecule has 4 heteroatoms. The van der Waals surface area contributed by atoms with Gasteiger partial charge in [0.2, 0.25) is 0 Å². The summed E-state index contributed by atoms with van der Waals surface area (Å²) < 4.78 is 4.90. The minimum Gasteiger partial charge on any atom is -0.389 e. The van der Waals surface area contributed by atoms with Crippen LogP contribution in [-0.2, 0) is 4.74 Å². The van der Waals surface area contributed by atoms with Gasteiger partial charge in [-0.05, 0) is 17.4 Å². The number of ether oxygens (including phenoxy) is 1. The molecule has 0 aliphatic rings. The number of thiophene rings is 1. The lowest BCUT2D eigenvalue weighted by Crippen LogP contribution is -2.34. The van der Waals surface area contributed by atoms with Gasteiger partial charge in [-0.25, -0.2) is 0 Å². The van der Waals surface area contributed by atoms with Crippen molar-refractivity contribution in [3.05, 3.63) is 22.4 Å². The molecule has 0 amide bonds. The van der Waals surface area contributed by atoms with Crippen molar-refractivity contribution in [2.24, 2.45) is 5.92 Å². The molecule has 16 heavy (non-hydrogen) atoms. The number of rotatable bonds is 7. The highest BCUT2D eigenvalue weighted by Gasteiger charge is 2.17. The molecular weight excluding hydrogens is 222 g/mol. The summed E-state index contributed by atoms with van der Waals surface area (Å²) in [5.74, 6) is 0.508. The maximum atomic E-state index is 9.59. The molecule has 0 aliphatic carbocycles. The highest BCUT2D eigenvalue weighted by Crippen LogP contribution is 2.25. The zero-order valence-electron chi connectivity index (χ0n) is 10.1. The van der Waals surface area contributed by atoms with Crippen LogP contribution in [0.15, 0.2) is 17.5 Å². The highest BCUT2D eigenvalue weighted by atomic mass is 32.1. The highest BCUT2D eigenvalue weighted by molar-refractivity contribution is 7.10. The van der Waals surface area contributed by atoms with E-state index in [-0.39, 0.29) is 0 Å². The van der Waals surface area contributed by atoms with Gasteiger partial charge in [0.15, 0.2) is 0 Å². The summed E-state index contributed by atoms with van der Waals surface area (Å²) in [6.45, 7) is 5.30. The van der Waals surface area contributed by atoms with E-state index in [1.54, 1.807) is 18.4 Å². The molecule has 1 rings (SSSR count). The van der Waals surface area contributed by atoms with Gasteiger partial charge in [-0.2, -0.15) is 0 Å². The second kappa shape index (κ2) is 7.01. The Morgan fingerprint density at radius 1 is 1.50 bits per heavy atom. The van der Waals surface area contributed by atoms with E-state index in [1.807, 2.05) is 0 Å². The molecular formula is C12H21NO2S. The molecule has 0 aromatic carbocycles. The van der Waals surface area contributed by atoms with Crippen molar-refractivity contribution in [3.63, 3.8) is 0 Å². The average Bonchev–Trinajstić information content (AvgIpc) is 2.71. The Balaban J connectivity index is 2.47. The molecule has 0 aliphatic heterocycles. The predicted molar refractivity (Wildman–Crippen MR) is 67.8 cm³/mol. The lowest BCUT2D eigenvalue weighted by Gasteiger charge is -2.22. The van der Waals surface area contributed by atoms with Crippen LogP contribution in [-0.4, -0.2) is 31.5 Å². The molecule has 0 fully saturated rings. The van der Waals surface area contributed by atoms with Crippen molar-refractivity contribution in [2.45, 2.75) is 26.0 Å². The molecule has 1 aromatic rings. The van der Waals surface area contributed by atoms with Gasteiger partial charge in [-0.15, -0.1) is 11.3 Å². The number of methoxy groups -OCH3 is 1. The van der Waals surface area contributed by atoms with Crippen molar-refractivity contribution in [3.8, 4) is 0 Å². The zero-order chi connectivity index (χ0) is 12.0. The molecule has 1 heterocycles. The number of aliphatic hydroxyl groups is 1. The lowest BCUT2D eigenvalue weighted by atomic mass is 10.0. The first-order valence-electron chi connectivity index (χ1n) is 5.59. The minimum absolute atomic E-state index is 0.312. The summed E-state index contributed by atoms with van der Waals surface area (Å²) in [6.07, 6.45) is -0.439. The van der Waals surface area contributed by atoms with Crippen molar-refractivity contribution < 1.29 is 9.84 Å². The van der Waals surface area contributed by atoms with Gasteiger partial charge in [0, 0.05) is 24.6 Å². The molecule has 92 valence electrons. The van der Waals surface area contributed by atoms with Gasteiger partial charge in [0.05, 0.1) is 12.7 Å². The first-order chi connectivity index (χ1) is 7.65. The van der Waals surface area contributed by atoms with E-state index < -0.39 is 6.10 Å². The summed E-state index contributed by atoms with van der Waals surface area (Å²) in [5.41, 5.74) is 0. The van der Waals surface area contributed by atoms with Crippen LogP contribution in [0.4, 0.5) is 0 Å². The second-order valence-electron chi connectivity index (χ2n) is 4.25. The Hall–Kier alpha value is -0.420. The third-order valence-corrected chi connectivity index (χ3v) is 3.40. The summed E-state index contributed by atoms with van der Waals surface area (Å²) in [7, 11) is 1.60. The van der Waals surface area contributed by atoms with E-state index in [9.17, 15) is 5.11 Å². The van der Waals surface area contributed by atoms with Crippen molar-refractivity contribution in [2.75, 3.05) is 20.3 Å². The molecule has 2 N–H and O–H groups in total. The van der Waals surface area contributed by atoms with Gasteiger partial charge >= 0.3 is 0 Å². The number of nitrogens with one attached hydrogen (secondary N) is 1. The fourth-order valence-corrected chi connectivity index (χ4v) is 2.62. The SMILES string of the molecule is COCC(O)CNC(c1cccs1)C(C)C. The maximum Gasteiger partial charge on any atom is 0.0897 e. The van der Waals surface area contributed by atoms with E-state index in [0.29, 0.717) is 25.1 Å². The topological polar surface area (TPSA) is 41.5 Å². The van der Waals surface area contributed by atoms with Gasteiger partial charge in [0.25, 0.3) is 0 Å². The van der Waals surface area contributed by atoms with Gasteiger partial charge in [-0.1, -0.05) is 19.9 Å². The van der Waals surface area contributed by atoms with Gasteiger partial charge in [-0.3, -0.25) is 0 Å². The van der Waals surface area contributed by atoms with Crippen LogP contribution in [0.3, 0.4) is 0 Å².